The van der Waals surface area contributed by atoms with Gasteiger partial charge in [0.15, 0.2) is 11.6 Å². The molecule has 0 unspecified atom stereocenters. The summed E-state index contributed by atoms with van der Waals surface area (Å²) in [7, 11) is 2.13. The molecule has 0 amide bonds. The molecule has 7 aromatic rings. The summed E-state index contributed by atoms with van der Waals surface area (Å²) in [5.41, 5.74) is 11.9. The highest BCUT2D eigenvalue weighted by Crippen LogP contribution is 2.53. The Kier molecular flexibility index (Phi) is 14.1. The monoisotopic (exact) mass is 949 g/mol. The zero-order valence-electron chi connectivity index (χ0n) is 37.0. The van der Waals surface area contributed by atoms with Crippen LogP contribution >= 0.6 is 34.5 Å². The van der Waals surface area contributed by atoms with Crippen LogP contribution in [0.1, 0.15) is 28.8 Å². The van der Waals surface area contributed by atoms with E-state index in [1.54, 1.807) is 24.5 Å². The second-order valence-corrected chi connectivity index (χ2v) is 18.2. The zero-order chi connectivity index (χ0) is 45.7. The molecule has 3 N–H and O–H groups in total. The zero-order valence-corrected chi connectivity index (χ0v) is 39.3. The molecule has 10 rings (SSSR count). The van der Waals surface area contributed by atoms with Gasteiger partial charge in [-0.1, -0.05) is 35.3 Å². The van der Waals surface area contributed by atoms with Gasteiger partial charge in [-0.25, -0.2) is 29.3 Å². The van der Waals surface area contributed by atoms with E-state index in [2.05, 4.69) is 37.1 Å². The molecule has 4 bridgehead atoms. The predicted octanol–water partition coefficient (Wildman–Crippen LogP) is 9.29. The summed E-state index contributed by atoms with van der Waals surface area (Å²) in [6.07, 6.45) is 5.83. The van der Waals surface area contributed by atoms with E-state index in [1.807, 2.05) is 50.2 Å². The number of ether oxygens (including phenoxy) is 4. The van der Waals surface area contributed by atoms with E-state index in [9.17, 15) is 4.39 Å². The average Bonchev–Trinajstić information content (AvgIpc) is 3.72. The van der Waals surface area contributed by atoms with Crippen LogP contribution in [0.3, 0.4) is 0 Å². The normalized spacial score (nSPS) is 15.8. The molecule has 3 aliphatic rings. The fraction of sp³-hybridized carbons (Fsp3) is 0.327. The largest absolute Gasteiger partial charge is 0.490 e. The lowest BCUT2D eigenvalue weighted by molar-refractivity contribution is 0.0648. The quantitative estimate of drug-likeness (QED) is 0.119. The van der Waals surface area contributed by atoms with Crippen LogP contribution in [-0.4, -0.2) is 107 Å². The first-order chi connectivity index (χ1) is 32.1. The van der Waals surface area contributed by atoms with Crippen LogP contribution in [-0.2, 0) is 13.0 Å². The van der Waals surface area contributed by atoms with Gasteiger partial charge in [-0.3, -0.25) is 4.90 Å². The van der Waals surface area contributed by atoms with E-state index >= 15 is 0 Å². The number of nitrogens with one attached hydrogen (secondary N) is 1. The Bertz CT molecular complexity index is 2800. The Morgan fingerprint density at radius 2 is 1.70 bits per heavy atom. The van der Waals surface area contributed by atoms with Gasteiger partial charge in [0, 0.05) is 79.7 Å². The number of fused-ring (bicyclic) bond motifs is 7. The number of piperazine rings is 1. The van der Waals surface area contributed by atoms with Crippen molar-refractivity contribution in [1.82, 2.24) is 34.7 Å². The number of pyridine rings is 1. The Labute approximate surface area is 397 Å². The number of halogens is 3. The first kappa shape index (κ1) is 45.5. The van der Waals surface area contributed by atoms with E-state index in [-0.39, 0.29) is 25.6 Å². The highest BCUT2D eigenvalue weighted by Gasteiger charge is 2.30. The smallest absolute Gasteiger partial charge is 0.226 e. The van der Waals surface area contributed by atoms with E-state index in [0.29, 0.717) is 74.4 Å². The SMILES string of the molecule is Cc1c(Cl)c2c(Cl)c(C)c1-c1c(-c3ccc(F)cc3)sc3ncnc(c13)OCCc1cc(ccc1OCc1ccnc(-c3ccc(NCCCN)nc3)n1)OC[C@@H](CN1CCN(C)CC1)O2. The lowest BCUT2D eigenvalue weighted by Crippen LogP contribution is -2.49. The number of likely N-dealkylation sites (N-methyl/N-ethyl adjacent to an activating group) is 1. The predicted molar refractivity (Wildman–Crippen MR) is 259 cm³/mol. The summed E-state index contributed by atoms with van der Waals surface area (Å²) >= 11 is 16.2. The van der Waals surface area contributed by atoms with Crippen molar-refractivity contribution in [2.45, 2.75) is 39.4 Å². The molecule has 342 valence electrons. The van der Waals surface area contributed by atoms with Crippen LogP contribution in [0.15, 0.2) is 79.4 Å². The first-order valence-corrected chi connectivity index (χ1v) is 23.5. The van der Waals surface area contributed by atoms with Gasteiger partial charge >= 0.3 is 0 Å². The molecule has 1 fully saturated rings. The number of hydrogen-bond acceptors (Lipinski definition) is 14. The van der Waals surface area contributed by atoms with Crippen molar-refractivity contribution in [1.29, 1.82) is 0 Å². The molecule has 0 radical (unpaired) electrons. The minimum Gasteiger partial charge on any atom is -0.490 e. The maximum Gasteiger partial charge on any atom is 0.226 e. The highest BCUT2D eigenvalue weighted by atomic mass is 35.5. The number of anilines is 1. The van der Waals surface area contributed by atoms with Crippen LogP contribution in [0.5, 0.6) is 23.1 Å². The van der Waals surface area contributed by atoms with Crippen LogP contribution in [0, 0.1) is 19.7 Å². The molecule has 3 aromatic carbocycles. The fourth-order valence-electron chi connectivity index (χ4n) is 8.23. The second-order valence-electron chi connectivity index (χ2n) is 16.4. The van der Waals surface area contributed by atoms with E-state index in [1.165, 1.54) is 29.8 Å². The average molecular weight is 951 g/mol. The molecule has 66 heavy (non-hydrogen) atoms. The molecule has 17 heteroatoms. The molecule has 7 heterocycles. The van der Waals surface area contributed by atoms with Crippen molar-refractivity contribution in [3.05, 3.63) is 118 Å². The minimum absolute atomic E-state index is 0.186. The lowest BCUT2D eigenvalue weighted by atomic mass is 9.92. The maximum absolute atomic E-state index is 14.3. The summed E-state index contributed by atoms with van der Waals surface area (Å²) in [4.78, 5) is 29.5. The summed E-state index contributed by atoms with van der Waals surface area (Å²) in [6.45, 7) is 10.2. The van der Waals surface area contributed by atoms with Crippen molar-refractivity contribution < 1.29 is 23.3 Å². The van der Waals surface area contributed by atoms with E-state index in [0.717, 1.165) is 88.8 Å². The number of nitrogens with zero attached hydrogens (tertiary/aromatic N) is 7. The Morgan fingerprint density at radius 1 is 0.909 bits per heavy atom. The van der Waals surface area contributed by atoms with E-state index in [4.69, 9.17) is 57.9 Å². The van der Waals surface area contributed by atoms with Gasteiger partial charge in [0.2, 0.25) is 5.88 Å². The molecule has 0 saturated carbocycles. The van der Waals surface area contributed by atoms with Crippen LogP contribution in [0.25, 0.3) is 43.2 Å². The Balaban J connectivity index is 1.07. The third kappa shape index (κ3) is 10.0. The van der Waals surface area contributed by atoms with Crippen LogP contribution in [0.2, 0.25) is 10.0 Å². The number of aromatic nitrogens is 5. The Hall–Kier alpha value is -5.68. The number of thiophene rings is 1. The molecule has 1 saturated heterocycles. The standard InChI is InChI=1S/C49H50Cl2FN9O4S/c1-29-40-30(2)44(51)45(43(29)50)65-37(25-61-20-18-60(3)19-21-61)27-63-36-10-11-38(64-26-35-13-17-55-47(59-35)33-7-12-39(56-24-33)54-16-4-15-53)32(23-36)14-22-62-48-42-41(40)46(66-49(42)58-28-57-48)31-5-8-34(52)9-6-31/h5-13,17,23-24,28,37H,4,14-16,18-22,25-27,53H2,1-3H3,(H,54,56)/t37-/m1/s1. The van der Waals surface area contributed by atoms with Gasteiger partial charge in [0.05, 0.1) is 27.7 Å². The molecule has 0 aliphatic carbocycles. The third-order valence-corrected chi connectivity index (χ3v) is 13.9. The van der Waals surface area contributed by atoms with Crippen molar-refractivity contribution in [3.8, 4) is 56.1 Å². The molecule has 4 aromatic heterocycles. The fourth-order valence-corrected chi connectivity index (χ4v) is 9.89. The van der Waals surface area contributed by atoms with Gasteiger partial charge in [-0.2, -0.15) is 0 Å². The van der Waals surface area contributed by atoms with Gasteiger partial charge in [0.1, 0.15) is 53.6 Å². The van der Waals surface area contributed by atoms with E-state index < -0.39 is 6.10 Å². The summed E-state index contributed by atoms with van der Waals surface area (Å²) in [5, 5.41) is 4.74. The second kappa shape index (κ2) is 20.5. The van der Waals surface area contributed by atoms with Crippen LogP contribution < -0.4 is 30.0 Å². The van der Waals surface area contributed by atoms with Gasteiger partial charge in [-0.15, -0.1) is 11.3 Å². The Morgan fingerprint density at radius 3 is 2.45 bits per heavy atom. The molecular formula is C49H50Cl2FN9O4S. The van der Waals surface area contributed by atoms with Crippen molar-refractivity contribution in [2.24, 2.45) is 5.73 Å². The molecule has 3 aliphatic heterocycles. The molecule has 0 spiro atoms. The van der Waals surface area contributed by atoms with Gasteiger partial charge < -0.3 is 34.9 Å². The topological polar surface area (TPSA) is 146 Å². The third-order valence-electron chi connectivity index (χ3n) is 11.8. The van der Waals surface area contributed by atoms with Crippen molar-refractivity contribution >= 4 is 50.6 Å². The van der Waals surface area contributed by atoms with Gasteiger partial charge in [-0.05, 0) is 105 Å². The minimum atomic E-state index is -0.436. The van der Waals surface area contributed by atoms with Crippen molar-refractivity contribution in [2.75, 3.05) is 71.4 Å². The molecule has 1 atom stereocenters. The number of nitrogens with two attached hydrogens (primary N) is 1. The van der Waals surface area contributed by atoms with Crippen LogP contribution in [0.4, 0.5) is 10.2 Å². The molecular weight excluding hydrogens is 901 g/mol. The molecule has 13 nitrogen and oxygen atoms in total. The summed E-state index contributed by atoms with van der Waals surface area (Å²) in [6, 6.07) is 17.9. The number of benzene rings is 3. The maximum atomic E-state index is 14.3. The summed E-state index contributed by atoms with van der Waals surface area (Å²) in [5.74, 6) is 3.04. The van der Waals surface area contributed by atoms with Gasteiger partial charge in [0.25, 0.3) is 0 Å². The number of hydrogen-bond donors (Lipinski definition) is 2. The summed E-state index contributed by atoms with van der Waals surface area (Å²) < 4.78 is 40.9. The first-order valence-electron chi connectivity index (χ1n) is 22.0. The van der Waals surface area contributed by atoms with Crippen molar-refractivity contribution in [3.63, 3.8) is 0 Å². The number of rotatable bonds is 11. The lowest BCUT2D eigenvalue weighted by Gasteiger charge is -2.35. The highest BCUT2D eigenvalue weighted by molar-refractivity contribution is 7.22.